The number of benzene rings is 2. The summed E-state index contributed by atoms with van der Waals surface area (Å²) >= 11 is 1.66. The number of hydrogen-bond acceptors (Lipinski definition) is 4. The fraction of sp³-hybridized carbons (Fsp3) is 0.308. The Balaban J connectivity index is 1.54. The molecule has 1 fully saturated rings. The van der Waals surface area contributed by atoms with E-state index in [4.69, 9.17) is 4.74 Å². The van der Waals surface area contributed by atoms with E-state index >= 15 is 0 Å². The summed E-state index contributed by atoms with van der Waals surface area (Å²) in [5.74, 6) is -0.363. The van der Waals surface area contributed by atoms with Crippen LogP contribution in [-0.2, 0) is 14.9 Å². The SMILES string of the molecule is CC(C)c1cc2nccn2c2cc(Sc3cccc(C4(C(=O)O)CCOCC4)c3)ccc12. The van der Waals surface area contributed by atoms with Gasteiger partial charge in [0.1, 0.15) is 5.65 Å². The minimum absolute atomic E-state index is 0.404. The minimum atomic E-state index is -0.868. The lowest BCUT2D eigenvalue weighted by molar-refractivity contribution is -0.147. The molecule has 5 nitrogen and oxygen atoms in total. The van der Waals surface area contributed by atoms with Gasteiger partial charge in [0.15, 0.2) is 0 Å². The van der Waals surface area contributed by atoms with Crippen LogP contribution in [0.5, 0.6) is 0 Å². The molecule has 4 aromatic rings. The van der Waals surface area contributed by atoms with Gasteiger partial charge in [-0.15, -0.1) is 0 Å². The molecule has 0 spiro atoms. The van der Waals surface area contributed by atoms with Gasteiger partial charge in [0, 0.05) is 40.8 Å². The molecule has 164 valence electrons. The molecule has 1 N–H and O–H groups in total. The number of aliphatic carboxylic acids is 1. The zero-order valence-corrected chi connectivity index (χ0v) is 19.1. The van der Waals surface area contributed by atoms with Gasteiger partial charge in [-0.05, 0) is 60.2 Å². The average molecular weight is 447 g/mol. The van der Waals surface area contributed by atoms with Crippen LogP contribution in [0.4, 0.5) is 0 Å². The molecule has 1 aliphatic heterocycles. The summed E-state index contributed by atoms with van der Waals surface area (Å²) < 4.78 is 7.57. The van der Waals surface area contributed by atoms with Crippen molar-refractivity contribution >= 4 is 34.3 Å². The van der Waals surface area contributed by atoms with E-state index in [0.29, 0.717) is 32.0 Å². The molecule has 0 aliphatic carbocycles. The summed E-state index contributed by atoms with van der Waals surface area (Å²) in [5.41, 5.74) is 3.37. The zero-order valence-electron chi connectivity index (χ0n) is 18.2. The highest BCUT2D eigenvalue weighted by Crippen LogP contribution is 2.39. The first-order valence-corrected chi connectivity index (χ1v) is 11.8. The maximum Gasteiger partial charge on any atom is 0.314 e. The summed E-state index contributed by atoms with van der Waals surface area (Å²) in [4.78, 5) is 18.9. The van der Waals surface area contributed by atoms with Crippen molar-refractivity contribution in [1.29, 1.82) is 0 Å². The Morgan fingerprint density at radius 2 is 1.91 bits per heavy atom. The Bertz CT molecular complexity index is 1310. The molecule has 0 unspecified atom stereocenters. The molecule has 1 saturated heterocycles. The number of fused-ring (bicyclic) bond motifs is 3. The highest BCUT2D eigenvalue weighted by Gasteiger charge is 2.42. The number of aromatic nitrogens is 2. The Morgan fingerprint density at radius 3 is 2.66 bits per heavy atom. The van der Waals surface area contributed by atoms with Crippen LogP contribution in [0.3, 0.4) is 0 Å². The Labute approximate surface area is 191 Å². The van der Waals surface area contributed by atoms with E-state index in [1.54, 1.807) is 11.8 Å². The van der Waals surface area contributed by atoms with Crippen LogP contribution in [0.1, 0.15) is 43.7 Å². The first-order chi connectivity index (χ1) is 15.5. The fourth-order valence-corrected chi connectivity index (χ4v) is 5.59. The molecule has 6 heteroatoms. The average Bonchev–Trinajstić information content (AvgIpc) is 3.28. The first-order valence-electron chi connectivity index (χ1n) is 11.0. The predicted molar refractivity (Wildman–Crippen MR) is 127 cm³/mol. The lowest BCUT2D eigenvalue weighted by Gasteiger charge is -2.33. The maximum absolute atomic E-state index is 12.2. The van der Waals surface area contributed by atoms with Crippen LogP contribution in [0.25, 0.3) is 16.6 Å². The second kappa shape index (κ2) is 8.26. The Morgan fingerprint density at radius 1 is 1.12 bits per heavy atom. The number of pyridine rings is 1. The van der Waals surface area contributed by atoms with Crippen LogP contribution in [0.15, 0.2) is 70.7 Å². The van der Waals surface area contributed by atoms with E-state index in [0.717, 1.165) is 26.5 Å². The second-order valence-corrected chi connectivity index (χ2v) is 9.87. The summed E-state index contributed by atoms with van der Waals surface area (Å²) in [7, 11) is 0. The summed E-state index contributed by atoms with van der Waals surface area (Å²) in [6.45, 7) is 5.37. The highest BCUT2D eigenvalue weighted by molar-refractivity contribution is 7.99. The van der Waals surface area contributed by atoms with Gasteiger partial charge in [0.25, 0.3) is 0 Å². The van der Waals surface area contributed by atoms with Gasteiger partial charge in [-0.2, -0.15) is 0 Å². The summed E-state index contributed by atoms with van der Waals surface area (Å²) in [5, 5.41) is 11.3. The normalized spacial score (nSPS) is 16.1. The third-order valence-electron chi connectivity index (χ3n) is 6.49. The summed E-state index contributed by atoms with van der Waals surface area (Å²) in [6.07, 6.45) is 4.84. The van der Waals surface area contributed by atoms with Gasteiger partial charge in [0.05, 0.1) is 10.9 Å². The number of ether oxygens (including phenoxy) is 1. The summed E-state index contributed by atoms with van der Waals surface area (Å²) in [6, 6.07) is 16.7. The third kappa shape index (κ3) is 3.57. The lowest BCUT2D eigenvalue weighted by Crippen LogP contribution is -2.41. The quantitative estimate of drug-likeness (QED) is 0.414. The van der Waals surface area contributed by atoms with Crippen molar-refractivity contribution in [2.45, 2.75) is 47.8 Å². The van der Waals surface area contributed by atoms with Crippen LogP contribution in [0, 0.1) is 0 Å². The smallest absolute Gasteiger partial charge is 0.314 e. The van der Waals surface area contributed by atoms with Crippen molar-refractivity contribution in [3.8, 4) is 0 Å². The van der Waals surface area contributed by atoms with Crippen molar-refractivity contribution in [3.63, 3.8) is 0 Å². The van der Waals surface area contributed by atoms with Crippen molar-refractivity contribution in [2.24, 2.45) is 0 Å². The van der Waals surface area contributed by atoms with Gasteiger partial charge in [-0.25, -0.2) is 4.98 Å². The molecule has 3 heterocycles. The van der Waals surface area contributed by atoms with Gasteiger partial charge in [-0.1, -0.05) is 43.8 Å². The van der Waals surface area contributed by atoms with Crippen molar-refractivity contribution in [3.05, 3.63) is 72.1 Å². The van der Waals surface area contributed by atoms with Crippen molar-refractivity contribution in [1.82, 2.24) is 9.38 Å². The molecule has 2 aromatic heterocycles. The van der Waals surface area contributed by atoms with Gasteiger partial charge in [-0.3, -0.25) is 9.20 Å². The number of rotatable bonds is 5. The van der Waals surface area contributed by atoms with Crippen LogP contribution >= 0.6 is 11.8 Å². The van der Waals surface area contributed by atoms with E-state index in [9.17, 15) is 9.90 Å². The van der Waals surface area contributed by atoms with E-state index in [1.807, 2.05) is 36.7 Å². The molecule has 2 aromatic carbocycles. The van der Waals surface area contributed by atoms with E-state index in [2.05, 4.69) is 47.5 Å². The van der Waals surface area contributed by atoms with E-state index < -0.39 is 11.4 Å². The largest absolute Gasteiger partial charge is 0.481 e. The van der Waals surface area contributed by atoms with Gasteiger partial charge >= 0.3 is 5.97 Å². The predicted octanol–water partition coefficient (Wildman–Crippen LogP) is 5.89. The topological polar surface area (TPSA) is 63.8 Å². The van der Waals surface area contributed by atoms with Crippen molar-refractivity contribution in [2.75, 3.05) is 13.2 Å². The fourth-order valence-electron chi connectivity index (χ4n) is 4.68. The van der Waals surface area contributed by atoms with Gasteiger partial charge in [0.2, 0.25) is 0 Å². The lowest BCUT2D eigenvalue weighted by atomic mass is 9.74. The molecular formula is C26H26N2O3S. The Kier molecular flexibility index (Phi) is 5.43. The highest BCUT2D eigenvalue weighted by atomic mass is 32.2. The third-order valence-corrected chi connectivity index (χ3v) is 7.47. The van der Waals surface area contributed by atoms with Crippen molar-refractivity contribution < 1.29 is 14.6 Å². The number of hydrogen-bond donors (Lipinski definition) is 1. The molecule has 0 bridgehead atoms. The van der Waals surface area contributed by atoms with E-state index in [-0.39, 0.29) is 0 Å². The van der Waals surface area contributed by atoms with Crippen LogP contribution in [0.2, 0.25) is 0 Å². The van der Waals surface area contributed by atoms with Gasteiger partial charge < -0.3 is 9.84 Å². The minimum Gasteiger partial charge on any atom is -0.481 e. The molecule has 0 amide bonds. The maximum atomic E-state index is 12.2. The molecule has 5 rings (SSSR count). The molecule has 0 atom stereocenters. The van der Waals surface area contributed by atoms with Crippen LogP contribution in [-0.4, -0.2) is 33.7 Å². The molecule has 0 radical (unpaired) electrons. The second-order valence-electron chi connectivity index (χ2n) is 8.72. The van der Waals surface area contributed by atoms with Crippen LogP contribution < -0.4 is 0 Å². The molecule has 0 saturated carbocycles. The van der Waals surface area contributed by atoms with E-state index in [1.165, 1.54) is 10.9 Å². The number of carboxylic acids is 1. The molecule has 1 aliphatic rings. The number of carbonyl (C=O) groups is 1. The molecular weight excluding hydrogens is 420 g/mol. The standard InChI is InChI=1S/C26H26N2O3S/c1-17(2)22-16-24-27-10-11-28(24)23-15-20(6-7-21(22)23)32-19-5-3-4-18(14-19)26(25(29)30)8-12-31-13-9-26/h3-7,10-11,14-17H,8-9,12-13H2,1-2H3,(H,29,30). The Hall–Kier alpha value is -2.83. The number of imidazole rings is 1. The first kappa shape index (κ1) is 21.0. The molecule has 32 heavy (non-hydrogen) atoms. The monoisotopic (exact) mass is 446 g/mol. The zero-order chi connectivity index (χ0) is 22.3. The number of carboxylic acid groups (broad SMARTS) is 1. The number of nitrogens with zero attached hydrogens (tertiary/aromatic N) is 2.